The summed E-state index contributed by atoms with van der Waals surface area (Å²) in [7, 11) is 7.08. The number of ketones is 4. The Balaban J connectivity index is 0.000000685. The average molecular weight is 1440 g/mol. The number of Topliss-reactive ketones (excluding diaryl/α,β-unsaturated/α-hetero) is 4. The van der Waals surface area contributed by atoms with E-state index in [0.29, 0.717) is 36.3 Å². The van der Waals surface area contributed by atoms with Crippen LogP contribution in [0.3, 0.4) is 0 Å². The average Bonchev–Trinajstić information content (AvgIpc) is 0.794. The minimum Gasteiger partial charge on any atom is -0.508 e. The molecule has 0 aromatic rings. The first-order valence-corrected chi connectivity index (χ1v) is 38.3. The Hall–Kier alpha value is -6.17. The standard InChI is InChI=1S/C24H38O3S.2C23H36O4.C16H26O4/c1-16(2)10-8-11-17(3)12-9-13-18(4)14-15-20-19(5)21(25)23(27-6)24(28-7)22(20)26;1-15(2)9-7-10-16(3)11-8-12-17(4)13-14-19-18(5)20(24)23(27-6)22(26)21(19)25;1-15(2)9-7-10-16(3)11-8-12-17(4)13-14-19-18(5)20(24)22(26)23(27-6)21(19)25;1-6-7-10(2)8-9-12-11(3)13(17)15(19-4)16(20-5)14(12)18/h10,12,14,19-20,22,26H,8-9,11,13,15H2,1-7H3;9,11,13,18-19,21,24-25H,7-8,10,12,14H2,1-6H3;9,11,13,18-19,21,25-26H,7-8,10,12,14H2,1-6H3;8,11-12,14,18H,6-7,9H2,1-5H3/b17-12+,18-14+;2*16-11+,17-13+;10-8+. The van der Waals surface area contributed by atoms with Crippen LogP contribution >= 0.6 is 11.8 Å². The molecule has 576 valence electrons. The summed E-state index contributed by atoms with van der Waals surface area (Å²) in [5.74, 6) is -2.97. The third kappa shape index (κ3) is 31.3. The third-order valence-corrected chi connectivity index (χ3v) is 20.9. The number of aliphatic hydroxyl groups excluding tert-OH is 6. The van der Waals surface area contributed by atoms with Gasteiger partial charge in [-0.15, -0.1) is 11.8 Å². The SMILES string of the molecule is CCC/C(C)=C/CC1C(C)C(=O)C(OC)=C(OC)C1O.COC1=C(O)C(=O)C(C)C(C/C=C(\C)CC/C=C(\C)CCC=C(C)C)C1O.COC1=C(O)C(C)C(C/C=C(\C)CC/C=C(\C)CCC=C(C)C)C(O)C1=O.COC1=C(SC)C(O)C(C/C=C(\C)CC/C=C(\C)CCC=C(C)C)C(C)C1=O. The summed E-state index contributed by atoms with van der Waals surface area (Å²) >= 11 is 1.41. The lowest BCUT2D eigenvalue weighted by Gasteiger charge is -2.34. The van der Waals surface area contributed by atoms with Gasteiger partial charge in [0, 0.05) is 47.3 Å². The lowest BCUT2D eigenvalue weighted by atomic mass is 9.77. The van der Waals surface area contributed by atoms with Crippen LogP contribution in [0, 0.1) is 47.3 Å². The van der Waals surface area contributed by atoms with Crippen LogP contribution in [0.1, 0.15) is 240 Å². The first-order chi connectivity index (χ1) is 48.1. The van der Waals surface area contributed by atoms with Crippen LogP contribution in [0.25, 0.3) is 0 Å². The number of thioether (sulfide) groups is 1. The second-order valence-electron chi connectivity index (χ2n) is 29.2. The van der Waals surface area contributed by atoms with Crippen LogP contribution in [0.15, 0.2) is 162 Å². The molecule has 0 spiro atoms. The number of ether oxygens (including phenoxy) is 5. The van der Waals surface area contributed by atoms with Crippen molar-refractivity contribution in [1.82, 2.24) is 0 Å². The maximum absolute atomic E-state index is 12.6. The van der Waals surface area contributed by atoms with Crippen molar-refractivity contribution in [2.75, 3.05) is 41.8 Å². The van der Waals surface area contributed by atoms with Gasteiger partial charge in [0.25, 0.3) is 0 Å². The molecule has 0 aliphatic heterocycles. The highest BCUT2D eigenvalue weighted by Crippen LogP contribution is 2.41. The van der Waals surface area contributed by atoms with Gasteiger partial charge in [-0.05, 0) is 205 Å². The molecule has 0 saturated heterocycles. The number of methoxy groups -OCH3 is 5. The number of rotatable bonds is 34. The lowest BCUT2D eigenvalue weighted by Crippen LogP contribution is -2.40. The van der Waals surface area contributed by atoms with E-state index in [1.807, 2.05) is 27.0 Å². The molecular formula is C86H136O15S. The van der Waals surface area contributed by atoms with E-state index in [4.69, 9.17) is 23.7 Å². The fourth-order valence-corrected chi connectivity index (χ4v) is 13.8. The van der Waals surface area contributed by atoms with Crippen molar-refractivity contribution in [1.29, 1.82) is 0 Å². The van der Waals surface area contributed by atoms with Gasteiger partial charge in [0.2, 0.25) is 34.7 Å². The number of aliphatic hydroxyl groups is 6. The molecule has 0 amide bonds. The normalized spacial score (nSPS) is 24.8. The molecular weight excluding hydrogens is 1300 g/mol. The molecule has 12 atom stereocenters. The summed E-state index contributed by atoms with van der Waals surface area (Å²) in [6, 6.07) is 0. The lowest BCUT2D eigenvalue weighted by molar-refractivity contribution is -0.132. The van der Waals surface area contributed by atoms with E-state index < -0.39 is 41.9 Å². The molecule has 4 aliphatic rings. The van der Waals surface area contributed by atoms with Gasteiger partial charge in [0.05, 0.1) is 46.6 Å². The van der Waals surface area contributed by atoms with E-state index in [1.54, 1.807) is 6.92 Å². The number of hydrogen-bond acceptors (Lipinski definition) is 16. The molecule has 0 saturated carbocycles. The van der Waals surface area contributed by atoms with Crippen molar-refractivity contribution < 1.29 is 73.5 Å². The van der Waals surface area contributed by atoms with Gasteiger partial charge >= 0.3 is 0 Å². The number of carbonyl (C=O) groups is 4. The second-order valence-corrected chi connectivity index (χ2v) is 30.1. The van der Waals surface area contributed by atoms with Crippen LogP contribution in [0.4, 0.5) is 0 Å². The van der Waals surface area contributed by atoms with Crippen LogP contribution < -0.4 is 0 Å². The minimum absolute atomic E-state index is 0.00290. The molecule has 0 bridgehead atoms. The van der Waals surface area contributed by atoms with Gasteiger partial charge in [-0.1, -0.05) is 158 Å². The van der Waals surface area contributed by atoms with Crippen LogP contribution in [-0.4, -0.2) is 120 Å². The molecule has 16 heteroatoms. The highest BCUT2D eigenvalue weighted by Gasteiger charge is 2.45. The van der Waals surface area contributed by atoms with E-state index in [9.17, 15) is 49.8 Å². The van der Waals surface area contributed by atoms with Crippen molar-refractivity contribution in [2.24, 2.45) is 47.3 Å². The first-order valence-electron chi connectivity index (χ1n) is 37.0. The van der Waals surface area contributed by atoms with E-state index in [2.05, 4.69) is 158 Å². The Kier molecular flexibility index (Phi) is 45.6. The summed E-state index contributed by atoms with van der Waals surface area (Å²) in [4.78, 5) is 49.7. The zero-order chi connectivity index (χ0) is 77.7. The largest absolute Gasteiger partial charge is 0.508 e. The van der Waals surface area contributed by atoms with Gasteiger partial charge in [-0.2, -0.15) is 0 Å². The monoisotopic (exact) mass is 1440 g/mol. The van der Waals surface area contributed by atoms with Crippen molar-refractivity contribution in [2.45, 2.75) is 265 Å². The van der Waals surface area contributed by atoms with Gasteiger partial charge in [0.1, 0.15) is 24.1 Å². The molecule has 0 aromatic heterocycles. The van der Waals surface area contributed by atoms with Gasteiger partial charge < -0.3 is 54.3 Å². The molecule has 0 heterocycles. The maximum atomic E-state index is 12.6. The molecule has 0 aromatic carbocycles. The topological polar surface area (TPSA) is 236 Å². The zero-order valence-corrected chi connectivity index (χ0v) is 68.0. The quantitative estimate of drug-likeness (QED) is 0.0329. The van der Waals surface area contributed by atoms with Crippen molar-refractivity contribution >= 4 is 34.9 Å². The minimum atomic E-state index is -1.13. The van der Waals surface area contributed by atoms with Crippen LogP contribution in [-0.2, 0) is 42.9 Å². The first kappa shape index (κ1) is 93.8. The molecule has 0 fully saturated rings. The van der Waals surface area contributed by atoms with E-state index in [-0.39, 0.29) is 87.6 Å². The summed E-state index contributed by atoms with van der Waals surface area (Å²) < 4.78 is 25.5. The highest BCUT2D eigenvalue weighted by atomic mass is 32.2. The molecule has 15 nitrogen and oxygen atoms in total. The Bertz CT molecular complexity index is 3150. The zero-order valence-electron chi connectivity index (χ0n) is 67.2. The fourth-order valence-electron chi connectivity index (χ4n) is 13.0. The van der Waals surface area contributed by atoms with Crippen LogP contribution in [0.2, 0.25) is 0 Å². The number of hydrogen-bond donors (Lipinski definition) is 6. The molecule has 4 aliphatic carbocycles. The van der Waals surface area contributed by atoms with Gasteiger partial charge in [-0.25, -0.2) is 0 Å². The molecule has 12 unspecified atom stereocenters. The predicted molar refractivity (Wildman–Crippen MR) is 420 cm³/mol. The Morgan fingerprint density at radius 2 is 0.647 bits per heavy atom. The van der Waals surface area contributed by atoms with Crippen molar-refractivity contribution in [3.63, 3.8) is 0 Å². The van der Waals surface area contributed by atoms with Gasteiger partial charge in [-0.3, -0.25) is 19.2 Å². The third-order valence-electron chi connectivity index (χ3n) is 20.0. The highest BCUT2D eigenvalue weighted by molar-refractivity contribution is 8.02. The molecule has 4 rings (SSSR count). The molecule has 0 radical (unpaired) electrons. The summed E-state index contributed by atoms with van der Waals surface area (Å²) in [6.45, 7) is 37.1. The van der Waals surface area contributed by atoms with E-state index in [1.165, 1.54) is 103 Å². The maximum Gasteiger partial charge on any atom is 0.229 e. The Morgan fingerprint density at radius 3 is 0.971 bits per heavy atom. The fraction of sp³-hybridized carbons (Fsp3) is 0.628. The summed E-state index contributed by atoms with van der Waals surface area (Å²) in [5, 5.41) is 61.9. The van der Waals surface area contributed by atoms with Gasteiger partial charge in [0.15, 0.2) is 23.0 Å². The predicted octanol–water partition coefficient (Wildman–Crippen LogP) is 19.9. The Morgan fingerprint density at radius 1 is 0.353 bits per heavy atom. The summed E-state index contributed by atoms with van der Waals surface area (Å²) in [6.07, 6.45) is 37.8. The van der Waals surface area contributed by atoms with Crippen LogP contribution in [0.5, 0.6) is 0 Å². The second kappa shape index (κ2) is 49.5. The van der Waals surface area contributed by atoms with E-state index >= 15 is 0 Å². The summed E-state index contributed by atoms with van der Waals surface area (Å²) in [5.41, 5.74) is 13.4. The number of carbonyl (C=O) groups excluding carboxylic acids is 4. The molecule has 6 N–H and O–H groups in total. The van der Waals surface area contributed by atoms with Crippen molar-refractivity contribution in [3.8, 4) is 0 Å². The Labute approximate surface area is 620 Å². The van der Waals surface area contributed by atoms with Crippen molar-refractivity contribution in [3.05, 3.63) is 162 Å². The number of allylic oxidation sites excluding steroid dienone is 24. The smallest absolute Gasteiger partial charge is 0.229 e. The molecule has 102 heavy (non-hydrogen) atoms. The van der Waals surface area contributed by atoms with E-state index in [0.717, 1.165) is 89.9 Å².